The van der Waals surface area contributed by atoms with E-state index in [4.69, 9.17) is 9.47 Å². The molecule has 0 aliphatic carbocycles. The predicted molar refractivity (Wildman–Crippen MR) is 128 cm³/mol. The number of rotatable bonds is 9. The molecular weight excluding hydrogens is 416 g/mol. The Balaban J connectivity index is 1.33. The van der Waals surface area contributed by atoms with E-state index in [1.165, 1.54) is 5.56 Å². The van der Waals surface area contributed by atoms with Crippen LogP contribution < -0.4 is 10.1 Å². The summed E-state index contributed by atoms with van der Waals surface area (Å²) in [5.41, 5.74) is 2.11. The summed E-state index contributed by atoms with van der Waals surface area (Å²) in [6.07, 6.45) is 3.04. The lowest BCUT2D eigenvalue weighted by molar-refractivity contribution is -0.126. The molecule has 1 unspecified atom stereocenters. The second-order valence-electron chi connectivity index (χ2n) is 8.26. The molecule has 3 aromatic rings. The number of hydrogen-bond donors (Lipinski definition) is 1. The quantitative estimate of drug-likeness (QED) is 0.524. The standard InChI is InChI=1S/C26H32N4O3/c1-3-33-23-11-9-20(10-12-23)19-29-17-14-22(15-18-29)30-24(13-16-27-30)28-26(31)25(32-2)21-7-5-4-6-8-21/h4-13,16,22,25H,3,14-15,17-19H2,1-2H3,(H,28,31). The molecule has 2 heterocycles. The second-order valence-corrected chi connectivity index (χ2v) is 8.26. The number of methoxy groups -OCH3 is 1. The van der Waals surface area contributed by atoms with Gasteiger partial charge in [-0.2, -0.15) is 5.10 Å². The van der Waals surface area contributed by atoms with Gasteiger partial charge in [0.05, 0.1) is 18.8 Å². The van der Waals surface area contributed by atoms with Crippen molar-refractivity contribution in [1.29, 1.82) is 0 Å². The van der Waals surface area contributed by atoms with E-state index in [2.05, 4.69) is 27.4 Å². The third-order valence-corrected chi connectivity index (χ3v) is 6.04. The van der Waals surface area contributed by atoms with Crippen molar-refractivity contribution in [3.63, 3.8) is 0 Å². The molecule has 1 atom stereocenters. The minimum absolute atomic E-state index is 0.196. The van der Waals surface area contributed by atoms with Crippen molar-refractivity contribution in [2.45, 2.75) is 38.5 Å². The molecule has 1 aliphatic heterocycles. The van der Waals surface area contributed by atoms with E-state index in [0.717, 1.165) is 43.8 Å². The number of nitrogens with one attached hydrogen (secondary N) is 1. The first-order valence-corrected chi connectivity index (χ1v) is 11.5. The molecule has 0 radical (unpaired) electrons. The van der Waals surface area contributed by atoms with Gasteiger partial charge in [0, 0.05) is 32.8 Å². The summed E-state index contributed by atoms with van der Waals surface area (Å²) < 4.78 is 12.9. The van der Waals surface area contributed by atoms with Gasteiger partial charge in [-0.05, 0) is 43.0 Å². The normalized spacial score (nSPS) is 15.8. The predicted octanol–water partition coefficient (Wildman–Crippen LogP) is 4.45. The largest absolute Gasteiger partial charge is 0.494 e. The number of amides is 1. The molecule has 1 saturated heterocycles. The maximum absolute atomic E-state index is 12.9. The molecule has 7 nitrogen and oxygen atoms in total. The Morgan fingerprint density at radius 1 is 1.09 bits per heavy atom. The molecule has 4 rings (SSSR count). The molecule has 1 N–H and O–H groups in total. The summed E-state index contributed by atoms with van der Waals surface area (Å²) >= 11 is 0. The topological polar surface area (TPSA) is 68.6 Å². The van der Waals surface area contributed by atoms with Crippen LogP contribution in [-0.4, -0.2) is 47.4 Å². The minimum Gasteiger partial charge on any atom is -0.494 e. The van der Waals surface area contributed by atoms with Crippen LogP contribution in [0, 0.1) is 0 Å². The number of carbonyl (C=O) groups excluding carboxylic acids is 1. The summed E-state index contributed by atoms with van der Waals surface area (Å²) in [7, 11) is 1.55. The minimum atomic E-state index is -0.662. The van der Waals surface area contributed by atoms with E-state index in [-0.39, 0.29) is 11.9 Å². The number of anilines is 1. The van der Waals surface area contributed by atoms with Gasteiger partial charge >= 0.3 is 0 Å². The number of piperidine rings is 1. The van der Waals surface area contributed by atoms with Crippen molar-refractivity contribution < 1.29 is 14.3 Å². The molecular formula is C26H32N4O3. The Kier molecular flexibility index (Phi) is 7.75. The van der Waals surface area contributed by atoms with Crippen LogP contribution in [0.3, 0.4) is 0 Å². The second kappa shape index (κ2) is 11.1. The summed E-state index contributed by atoms with van der Waals surface area (Å²) in [4.78, 5) is 15.4. The molecule has 174 valence electrons. The zero-order chi connectivity index (χ0) is 23.0. The summed E-state index contributed by atoms with van der Waals surface area (Å²) in [5.74, 6) is 1.43. The van der Waals surface area contributed by atoms with Gasteiger partial charge in [0.25, 0.3) is 5.91 Å². The SMILES string of the molecule is CCOc1ccc(CN2CCC(n3nccc3NC(=O)C(OC)c3ccccc3)CC2)cc1. The van der Waals surface area contributed by atoms with E-state index >= 15 is 0 Å². The Labute approximate surface area is 195 Å². The van der Waals surface area contributed by atoms with Gasteiger partial charge in [-0.15, -0.1) is 0 Å². The van der Waals surface area contributed by atoms with Crippen molar-refractivity contribution in [3.05, 3.63) is 78.0 Å². The van der Waals surface area contributed by atoms with Crippen LogP contribution in [0.25, 0.3) is 0 Å². The highest BCUT2D eigenvalue weighted by Crippen LogP contribution is 2.27. The maximum atomic E-state index is 12.9. The van der Waals surface area contributed by atoms with Gasteiger partial charge in [-0.3, -0.25) is 9.69 Å². The highest BCUT2D eigenvalue weighted by atomic mass is 16.5. The highest BCUT2D eigenvalue weighted by Gasteiger charge is 2.25. The molecule has 33 heavy (non-hydrogen) atoms. The molecule has 1 fully saturated rings. The van der Waals surface area contributed by atoms with Crippen LogP contribution in [0.4, 0.5) is 5.82 Å². The Bertz CT molecular complexity index is 1010. The van der Waals surface area contributed by atoms with E-state index in [1.807, 2.05) is 60.1 Å². The molecule has 0 spiro atoms. The van der Waals surface area contributed by atoms with E-state index in [9.17, 15) is 4.79 Å². The lowest BCUT2D eigenvalue weighted by Crippen LogP contribution is -2.35. The number of carbonyl (C=O) groups is 1. The fraction of sp³-hybridized carbons (Fsp3) is 0.385. The number of aromatic nitrogens is 2. The molecule has 0 bridgehead atoms. The highest BCUT2D eigenvalue weighted by molar-refractivity contribution is 5.94. The van der Waals surface area contributed by atoms with Crippen LogP contribution in [0.2, 0.25) is 0 Å². The average Bonchev–Trinajstić information content (AvgIpc) is 3.30. The van der Waals surface area contributed by atoms with Crippen molar-refractivity contribution in [2.75, 3.05) is 32.1 Å². The Morgan fingerprint density at radius 2 is 1.82 bits per heavy atom. The maximum Gasteiger partial charge on any atom is 0.259 e. The number of nitrogens with zero attached hydrogens (tertiary/aromatic N) is 3. The zero-order valence-corrected chi connectivity index (χ0v) is 19.3. The summed E-state index contributed by atoms with van der Waals surface area (Å²) in [6.45, 7) is 5.56. The van der Waals surface area contributed by atoms with E-state index in [1.54, 1.807) is 13.3 Å². The van der Waals surface area contributed by atoms with Gasteiger partial charge in [0.2, 0.25) is 0 Å². The summed E-state index contributed by atoms with van der Waals surface area (Å²) in [5, 5.41) is 7.53. The van der Waals surface area contributed by atoms with Gasteiger partial charge in [-0.25, -0.2) is 4.68 Å². The molecule has 0 saturated carbocycles. The van der Waals surface area contributed by atoms with Gasteiger partial charge in [0.15, 0.2) is 6.10 Å². The third kappa shape index (κ3) is 5.80. The van der Waals surface area contributed by atoms with Crippen LogP contribution in [0.5, 0.6) is 5.75 Å². The Morgan fingerprint density at radius 3 is 2.48 bits per heavy atom. The van der Waals surface area contributed by atoms with Gasteiger partial charge in [-0.1, -0.05) is 42.5 Å². The van der Waals surface area contributed by atoms with E-state index in [0.29, 0.717) is 12.4 Å². The van der Waals surface area contributed by atoms with E-state index < -0.39 is 6.10 Å². The summed E-state index contributed by atoms with van der Waals surface area (Å²) in [6, 6.07) is 20.0. The first kappa shape index (κ1) is 23.0. The number of ether oxygens (including phenoxy) is 2. The lowest BCUT2D eigenvalue weighted by atomic mass is 10.0. The van der Waals surface area contributed by atoms with Crippen LogP contribution >= 0.6 is 0 Å². The molecule has 1 amide bonds. The zero-order valence-electron chi connectivity index (χ0n) is 19.3. The lowest BCUT2D eigenvalue weighted by Gasteiger charge is -2.32. The monoisotopic (exact) mass is 448 g/mol. The van der Waals surface area contributed by atoms with Crippen LogP contribution in [-0.2, 0) is 16.1 Å². The first-order chi connectivity index (χ1) is 16.2. The Hall–Kier alpha value is -3.16. The van der Waals surface area contributed by atoms with Crippen LogP contribution in [0.1, 0.15) is 43.0 Å². The van der Waals surface area contributed by atoms with Crippen molar-refractivity contribution in [3.8, 4) is 5.75 Å². The molecule has 1 aliphatic rings. The van der Waals surface area contributed by atoms with Crippen LogP contribution in [0.15, 0.2) is 66.9 Å². The van der Waals surface area contributed by atoms with Gasteiger partial charge in [0.1, 0.15) is 11.6 Å². The molecule has 7 heteroatoms. The van der Waals surface area contributed by atoms with Crippen molar-refractivity contribution in [1.82, 2.24) is 14.7 Å². The molecule has 2 aromatic carbocycles. The average molecular weight is 449 g/mol. The van der Waals surface area contributed by atoms with Crippen molar-refractivity contribution in [2.24, 2.45) is 0 Å². The third-order valence-electron chi connectivity index (χ3n) is 6.04. The number of likely N-dealkylation sites (tertiary alicyclic amines) is 1. The van der Waals surface area contributed by atoms with Gasteiger partial charge < -0.3 is 14.8 Å². The fourth-order valence-corrected chi connectivity index (χ4v) is 4.36. The number of benzene rings is 2. The smallest absolute Gasteiger partial charge is 0.259 e. The van der Waals surface area contributed by atoms with Crippen molar-refractivity contribution >= 4 is 11.7 Å². The fourth-order valence-electron chi connectivity index (χ4n) is 4.36. The first-order valence-electron chi connectivity index (χ1n) is 11.5. The number of hydrogen-bond acceptors (Lipinski definition) is 5. The molecule has 1 aromatic heterocycles.